The zero-order chi connectivity index (χ0) is 21.9. The summed E-state index contributed by atoms with van der Waals surface area (Å²) in [7, 11) is 1.68. The summed E-state index contributed by atoms with van der Waals surface area (Å²) < 4.78 is 5.24. The van der Waals surface area contributed by atoms with E-state index >= 15 is 0 Å². The van der Waals surface area contributed by atoms with Crippen molar-refractivity contribution >= 4 is 44.7 Å². The number of hydrogen-bond donors (Lipinski definition) is 2. The van der Waals surface area contributed by atoms with Gasteiger partial charge in [0.25, 0.3) is 0 Å². The number of hydrogen-bond acceptors (Lipinski definition) is 6. The third-order valence-corrected chi connectivity index (χ3v) is 7.02. The van der Waals surface area contributed by atoms with Gasteiger partial charge in [-0.05, 0) is 74.2 Å². The van der Waals surface area contributed by atoms with Crippen LogP contribution in [0.15, 0.2) is 60.1 Å². The highest BCUT2D eigenvalue weighted by Gasteiger charge is 2.22. The number of rotatable bonds is 6. The van der Waals surface area contributed by atoms with Gasteiger partial charge in [0.05, 0.1) is 18.3 Å². The Bertz CT molecular complexity index is 1200. The normalized spacial score (nSPS) is 18.4. The molecule has 1 saturated carbocycles. The number of anilines is 2. The maximum absolute atomic E-state index is 6.12. The number of ether oxygens (including phenoxy) is 1. The second kappa shape index (κ2) is 9.35. The van der Waals surface area contributed by atoms with E-state index in [9.17, 15) is 0 Å². The molecule has 0 aliphatic heterocycles. The molecular weight excluding hydrogens is 440 g/mol. The van der Waals surface area contributed by atoms with Crippen molar-refractivity contribution < 1.29 is 4.74 Å². The number of methoxy groups -OCH3 is 1. The lowest BCUT2D eigenvalue weighted by Crippen LogP contribution is -2.32. The third-order valence-electron chi connectivity index (χ3n) is 6.01. The van der Waals surface area contributed by atoms with Crippen molar-refractivity contribution in [2.45, 2.75) is 37.8 Å². The zero-order valence-electron chi connectivity index (χ0n) is 17.8. The molecule has 2 heterocycles. The molecule has 0 radical (unpaired) electrons. The van der Waals surface area contributed by atoms with Gasteiger partial charge in [-0.1, -0.05) is 11.6 Å². The number of aromatic nitrogens is 2. The summed E-state index contributed by atoms with van der Waals surface area (Å²) in [6.07, 6.45) is 6.31. The summed E-state index contributed by atoms with van der Waals surface area (Å²) in [6, 6.07) is 16.9. The van der Waals surface area contributed by atoms with Crippen molar-refractivity contribution in [3.63, 3.8) is 0 Å². The van der Waals surface area contributed by atoms with Crippen molar-refractivity contribution in [1.29, 1.82) is 0 Å². The Morgan fingerprint density at radius 3 is 2.47 bits per heavy atom. The third kappa shape index (κ3) is 4.66. The maximum atomic E-state index is 6.12. The van der Waals surface area contributed by atoms with E-state index in [-0.39, 0.29) is 0 Å². The predicted molar refractivity (Wildman–Crippen MR) is 134 cm³/mol. The molecule has 5 rings (SSSR count). The highest BCUT2D eigenvalue weighted by atomic mass is 35.5. The molecule has 0 atom stereocenters. The number of pyridine rings is 1. The van der Waals surface area contributed by atoms with Gasteiger partial charge in [0, 0.05) is 45.3 Å². The van der Waals surface area contributed by atoms with Crippen LogP contribution >= 0.6 is 22.9 Å². The molecule has 4 aromatic rings. The molecule has 0 spiro atoms. The molecule has 0 amide bonds. The van der Waals surface area contributed by atoms with Crippen molar-refractivity contribution in [3.05, 3.63) is 65.1 Å². The zero-order valence-corrected chi connectivity index (χ0v) is 19.4. The number of nitrogens with one attached hydrogen (secondary N) is 2. The van der Waals surface area contributed by atoms with Crippen LogP contribution in [0.5, 0.6) is 5.75 Å². The fourth-order valence-electron chi connectivity index (χ4n) is 4.26. The average Bonchev–Trinajstić information content (AvgIpc) is 3.29. The highest BCUT2D eigenvalue weighted by molar-refractivity contribution is 7.14. The molecule has 5 nitrogen and oxygen atoms in total. The molecule has 1 fully saturated rings. The minimum absolute atomic E-state index is 0.455. The first-order chi connectivity index (χ1) is 15.7. The number of nitrogens with zero attached hydrogens (tertiary/aromatic N) is 2. The summed E-state index contributed by atoms with van der Waals surface area (Å²) in [5.74, 6) is 0.858. The summed E-state index contributed by atoms with van der Waals surface area (Å²) in [5.41, 5.74) is 4.16. The largest absolute Gasteiger partial charge is 0.497 e. The summed E-state index contributed by atoms with van der Waals surface area (Å²) in [5, 5.41) is 12.3. The van der Waals surface area contributed by atoms with E-state index < -0.39 is 0 Å². The standard InChI is InChI=1S/C25H25ClN4OS/c1-31-20-9-2-16(3-10-20)24-15-32-25(30-24)29-19-7-5-18(6-8-19)28-22-12-13-27-23-14-17(26)4-11-21(22)23/h2-4,9-15,18-19H,5-8H2,1H3,(H,27,28)(H,29,30). The fraction of sp³-hybridized carbons (Fsp3) is 0.280. The Balaban J connectivity index is 1.17. The number of fused-ring (bicyclic) bond motifs is 1. The number of thiazole rings is 1. The van der Waals surface area contributed by atoms with E-state index in [1.54, 1.807) is 18.4 Å². The Hall–Kier alpha value is -2.83. The van der Waals surface area contributed by atoms with Crippen LogP contribution in [-0.2, 0) is 0 Å². The smallest absolute Gasteiger partial charge is 0.183 e. The van der Waals surface area contributed by atoms with Crippen LogP contribution in [0.2, 0.25) is 5.02 Å². The molecule has 2 N–H and O–H groups in total. The molecule has 0 saturated heterocycles. The minimum Gasteiger partial charge on any atom is -0.497 e. The van der Waals surface area contributed by atoms with Gasteiger partial charge in [0.1, 0.15) is 5.75 Å². The van der Waals surface area contributed by atoms with Gasteiger partial charge in [-0.15, -0.1) is 11.3 Å². The molecule has 1 aliphatic carbocycles. The lowest BCUT2D eigenvalue weighted by atomic mass is 9.91. The van der Waals surface area contributed by atoms with Crippen LogP contribution < -0.4 is 15.4 Å². The number of halogens is 1. The van der Waals surface area contributed by atoms with Crippen molar-refractivity contribution in [3.8, 4) is 17.0 Å². The van der Waals surface area contributed by atoms with E-state index in [1.807, 2.05) is 48.7 Å². The molecule has 2 aromatic carbocycles. The first-order valence-electron chi connectivity index (χ1n) is 10.9. The Morgan fingerprint density at radius 1 is 0.969 bits per heavy atom. The summed E-state index contributed by atoms with van der Waals surface area (Å²) >= 11 is 7.78. The van der Waals surface area contributed by atoms with Gasteiger partial charge in [-0.3, -0.25) is 4.98 Å². The van der Waals surface area contributed by atoms with Crippen molar-refractivity contribution in [2.24, 2.45) is 0 Å². The molecule has 164 valence electrons. The molecule has 1 aliphatic rings. The predicted octanol–water partition coefficient (Wildman–Crippen LogP) is 6.86. The van der Waals surface area contributed by atoms with Crippen LogP contribution in [0.3, 0.4) is 0 Å². The Morgan fingerprint density at radius 2 is 1.72 bits per heavy atom. The van der Waals surface area contributed by atoms with Crippen LogP contribution in [0.1, 0.15) is 25.7 Å². The van der Waals surface area contributed by atoms with E-state index in [2.05, 4.69) is 27.1 Å². The average molecular weight is 465 g/mol. The fourth-order valence-corrected chi connectivity index (χ4v) is 5.22. The quantitative estimate of drug-likeness (QED) is 0.326. The van der Waals surface area contributed by atoms with E-state index in [0.717, 1.165) is 64.4 Å². The maximum Gasteiger partial charge on any atom is 0.183 e. The minimum atomic E-state index is 0.455. The Kier molecular flexibility index (Phi) is 6.14. The Labute approximate surface area is 196 Å². The van der Waals surface area contributed by atoms with Gasteiger partial charge in [0.2, 0.25) is 0 Å². The number of benzene rings is 2. The van der Waals surface area contributed by atoms with Crippen molar-refractivity contribution in [2.75, 3.05) is 17.7 Å². The topological polar surface area (TPSA) is 59.1 Å². The van der Waals surface area contributed by atoms with Gasteiger partial charge in [-0.25, -0.2) is 4.98 Å². The first kappa shape index (κ1) is 21.0. The van der Waals surface area contributed by atoms with E-state index in [0.29, 0.717) is 17.1 Å². The van der Waals surface area contributed by atoms with Gasteiger partial charge in [0.15, 0.2) is 5.13 Å². The highest BCUT2D eigenvalue weighted by Crippen LogP contribution is 2.31. The van der Waals surface area contributed by atoms with Crippen LogP contribution in [0.25, 0.3) is 22.2 Å². The molecule has 0 unspecified atom stereocenters. The van der Waals surface area contributed by atoms with Crippen LogP contribution in [0, 0.1) is 0 Å². The lowest BCUT2D eigenvalue weighted by Gasteiger charge is -2.30. The summed E-state index contributed by atoms with van der Waals surface area (Å²) in [4.78, 5) is 9.23. The molecule has 0 bridgehead atoms. The van der Waals surface area contributed by atoms with Gasteiger partial charge >= 0.3 is 0 Å². The lowest BCUT2D eigenvalue weighted by molar-refractivity contribution is 0.415. The summed E-state index contributed by atoms with van der Waals surface area (Å²) in [6.45, 7) is 0. The van der Waals surface area contributed by atoms with Gasteiger partial charge < -0.3 is 15.4 Å². The monoisotopic (exact) mass is 464 g/mol. The molecule has 32 heavy (non-hydrogen) atoms. The SMILES string of the molecule is COc1ccc(-c2csc(NC3CCC(Nc4ccnc5cc(Cl)ccc45)CC3)n2)cc1. The molecule has 7 heteroatoms. The van der Waals surface area contributed by atoms with Gasteiger partial charge in [-0.2, -0.15) is 0 Å². The van der Waals surface area contributed by atoms with Crippen molar-refractivity contribution in [1.82, 2.24) is 9.97 Å². The van der Waals surface area contributed by atoms with E-state index in [1.165, 1.54) is 0 Å². The first-order valence-corrected chi connectivity index (χ1v) is 12.1. The van der Waals surface area contributed by atoms with Crippen LogP contribution in [-0.4, -0.2) is 29.2 Å². The second-order valence-corrected chi connectivity index (χ2v) is 9.42. The molecule has 2 aromatic heterocycles. The van der Waals surface area contributed by atoms with E-state index in [4.69, 9.17) is 21.3 Å². The molecular formula is C25H25ClN4OS. The van der Waals surface area contributed by atoms with Crippen LogP contribution in [0.4, 0.5) is 10.8 Å². The second-order valence-electron chi connectivity index (χ2n) is 8.12.